The lowest BCUT2D eigenvalue weighted by molar-refractivity contribution is -0.123. The Kier molecular flexibility index (Phi) is 5.46. The van der Waals surface area contributed by atoms with Gasteiger partial charge in [-0.1, -0.05) is 18.2 Å². The Balaban J connectivity index is 1.87. The van der Waals surface area contributed by atoms with Crippen molar-refractivity contribution in [3.05, 3.63) is 65.0 Å². The van der Waals surface area contributed by atoms with E-state index in [0.717, 1.165) is 6.07 Å². The van der Waals surface area contributed by atoms with Gasteiger partial charge in [-0.25, -0.2) is 9.18 Å². The summed E-state index contributed by atoms with van der Waals surface area (Å²) in [5.41, 5.74) is 0.0738. The van der Waals surface area contributed by atoms with Crippen molar-refractivity contribution in [3.8, 4) is 11.5 Å². The highest BCUT2D eigenvalue weighted by Gasteiger charge is 2.25. The molecule has 1 aliphatic heterocycles. The van der Waals surface area contributed by atoms with Crippen LogP contribution in [0.3, 0.4) is 0 Å². The van der Waals surface area contributed by atoms with E-state index < -0.39 is 23.6 Å². The smallest absolute Gasteiger partial charge is 0.346 e. The Morgan fingerprint density at radius 2 is 1.75 bits per heavy atom. The van der Waals surface area contributed by atoms with Gasteiger partial charge in [0.1, 0.15) is 11.4 Å². The number of rotatable bonds is 4. The minimum atomic E-state index is -0.887. The number of halogens is 1. The number of esters is 1. The van der Waals surface area contributed by atoms with E-state index in [2.05, 4.69) is 10.6 Å². The van der Waals surface area contributed by atoms with E-state index in [1.54, 1.807) is 0 Å². The van der Waals surface area contributed by atoms with Crippen molar-refractivity contribution in [2.24, 2.45) is 0 Å². The fourth-order valence-corrected chi connectivity index (χ4v) is 2.60. The van der Waals surface area contributed by atoms with Crippen LogP contribution in [0, 0.1) is 5.82 Å². The monoisotopic (exact) mass is 400 g/mol. The van der Waals surface area contributed by atoms with Crippen LogP contribution in [-0.2, 0) is 9.59 Å². The molecule has 0 unspecified atom stereocenters. The molecule has 2 aromatic carbocycles. The first kappa shape index (κ1) is 19.2. The third-order valence-electron chi connectivity index (χ3n) is 3.74. The molecule has 28 heavy (non-hydrogen) atoms. The number of hydrogen-bond acceptors (Lipinski definition) is 6. The van der Waals surface area contributed by atoms with E-state index in [9.17, 15) is 18.8 Å². The Morgan fingerprint density at radius 1 is 1.07 bits per heavy atom. The van der Waals surface area contributed by atoms with Crippen LogP contribution in [0.2, 0.25) is 0 Å². The van der Waals surface area contributed by atoms with Crippen molar-refractivity contribution in [2.45, 2.75) is 0 Å². The summed E-state index contributed by atoms with van der Waals surface area (Å²) in [7, 11) is 1.35. The molecule has 1 saturated heterocycles. The summed E-state index contributed by atoms with van der Waals surface area (Å²) in [4.78, 5) is 36.0. The zero-order valence-corrected chi connectivity index (χ0v) is 15.3. The molecule has 0 bridgehead atoms. The molecule has 1 fully saturated rings. The van der Waals surface area contributed by atoms with Crippen LogP contribution in [0.4, 0.5) is 4.39 Å². The molecule has 2 N–H and O–H groups in total. The number of amides is 2. The van der Waals surface area contributed by atoms with Crippen LogP contribution in [-0.4, -0.2) is 30.0 Å². The number of nitrogens with one attached hydrogen (secondary N) is 2. The fraction of sp³-hybridized carbons (Fsp3) is 0.0526. The lowest BCUT2D eigenvalue weighted by atomic mass is 10.1. The number of carbonyl (C=O) groups is 3. The SMILES string of the molecule is COc1cc(C=C2C(=O)NC(=S)NC2=O)ccc1OC(=O)c1ccccc1F. The molecule has 142 valence electrons. The van der Waals surface area contributed by atoms with E-state index in [1.807, 2.05) is 0 Å². The van der Waals surface area contributed by atoms with Gasteiger partial charge in [-0.05, 0) is 48.1 Å². The number of ether oxygens (including phenoxy) is 2. The van der Waals surface area contributed by atoms with Gasteiger partial charge in [0.15, 0.2) is 16.6 Å². The van der Waals surface area contributed by atoms with Gasteiger partial charge in [0.05, 0.1) is 12.7 Å². The molecular weight excluding hydrogens is 387 g/mol. The normalized spacial score (nSPS) is 13.5. The van der Waals surface area contributed by atoms with Crippen LogP contribution in [0.1, 0.15) is 15.9 Å². The molecule has 0 spiro atoms. The van der Waals surface area contributed by atoms with Gasteiger partial charge < -0.3 is 9.47 Å². The first-order valence-corrected chi connectivity index (χ1v) is 8.33. The van der Waals surface area contributed by atoms with E-state index in [1.165, 1.54) is 49.6 Å². The number of hydrogen-bond donors (Lipinski definition) is 2. The first-order chi connectivity index (χ1) is 13.4. The minimum Gasteiger partial charge on any atom is -0.493 e. The van der Waals surface area contributed by atoms with Crippen LogP contribution >= 0.6 is 12.2 Å². The zero-order chi connectivity index (χ0) is 20.3. The van der Waals surface area contributed by atoms with E-state index in [4.69, 9.17) is 21.7 Å². The van der Waals surface area contributed by atoms with Crippen molar-refractivity contribution < 1.29 is 28.2 Å². The third-order valence-corrected chi connectivity index (χ3v) is 3.94. The maximum absolute atomic E-state index is 13.7. The van der Waals surface area contributed by atoms with Crippen molar-refractivity contribution in [1.82, 2.24) is 10.6 Å². The van der Waals surface area contributed by atoms with Crippen molar-refractivity contribution in [3.63, 3.8) is 0 Å². The molecule has 0 aromatic heterocycles. The highest BCUT2D eigenvalue weighted by atomic mass is 32.1. The molecule has 1 heterocycles. The molecule has 9 heteroatoms. The van der Waals surface area contributed by atoms with Crippen LogP contribution in [0.5, 0.6) is 11.5 Å². The quantitative estimate of drug-likeness (QED) is 0.268. The second-order valence-electron chi connectivity index (χ2n) is 5.58. The minimum absolute atomic E-state index is 0.0524. The maximum atomic E-state index is 13.7. The largest absolute Gasteiger partial charge is 0.493 e. The van der Waals surface area contributed by atoms with Gasteiger partial charge in [-0.2, -0.15) is 0 Å². The maximum Gasteiger partial charge on any atom is 0.346 e. The highest BCUT2D eigenvalue weighted by Crippen LogP contribution is 2.30. The first-order valence-electron chi connectivity index (χ1n) is 7.92. The van der Waals surface area contributed by atoms with Crippen molar-refractivity contribution >= 4 is 41.2 Å². The molecular formula is C19H13FN2O5S. The molecule has 0 saturated carbocycles. The lowest BCUT2D eigenvalue weighted by Gasteiger charge is -2.16. The second-order valence-corrected chi connectivity index (χ2v) is 5.98. The Morgan fingerprint density at radius 3 is 2.39 bits per heavy atom. The third kappa shape index (κ3) is 4.04. The number of methoxy groups -OCH3 is 1. The standard InChI is InChI=1S/C19H13FN2O5S/c1-26-15-9-10(8-12-16(23)21-19(28)22-17(12)24)6-7-14(15)27-18(25)11-4-2-3-5-13(11)20/h2-9H,1H3,(H2,21,22,23,24,28). The van der Waals surface area contributed by atoms with E-state index >= 15 is 0 Å². The average Bonchev–Trinajstić information content (AvgIpc) is 2.65. The van der Waals surface area contributed by atoms with Gasteiger partial charge in [-0.15, -0.1) is 0 Å². The van der Waals surface area contributed by atoms with Crippen molar-refractivity contribution in [1.29, 1.82) is 0 Å². The predicted molar refractivity (Wildman–Crippen MR) is 101 cm³/mol. The summed E-state index contributed by atoms with van der Waals surface area (Å²) in [5, 5.41) is 4.58. The predicted octanol–water partition coefficient (Wildman–Crippen LogP) is 1.97. The van der Waals surface area contributed by atoms with Crippen LogP contribution < -0.4 is 20.1 Å². The van der Waals surface area contributed by atoms with Gasteiger partial charge in [0.25, 0.3) is 11.8 Å². The topological polar surface area (TPSA) is 93.7 Å². The summed E-state index contributed by atoms with van der Waals surface area (Å²) >= 11 is 4.74. The van der Waals surface area contributed by atoms with Gasteiger partial charge in [-0.3, -0.25) is 20.2 Å². The summed E-state index contributed by atoms with van der Waals surface area (Å²) in [6, 6.07) is 9.80. The molecule has 0 aliphatic carbocycles. The van der Waals surface area contributed by atoms with Gasteiger partial charge >= 0.3 is 5.97 Å². The summed E-state index contributed by atoms with van der Waals surface area (Å²) in [6.07, 6.45) is 1.33. The summed E-state index contributed by atoms with van der Waals surface area (Å²) in [5.74, 6) is -2.66. The molecule has 7 nitrogen and oxygen atoms in total. The van der Waals surface area contributed by atoms with E-state index in [-0.39, 0.29) is 27.7 Å². The molecule has 0 atom stereocenters. The van der Waals surface area contributed by atoms with Crippen LogP contribution in [0.15, 0.2) is 48.0 Å². The molecule has 2 amide bonds. The molecule has 1 aliphatic rings. The number of thiocarbonyl (C=S) groups is 1. The van der Waals surface area contributed by atoms with Crippen LogP contribution in [0.25, 0.3) is 6.08 Å². The summed E-state index contributed by atoms with van der Waals surface area (Å²) in [6.45, 7) is 0. The molecule has 0 radical (unpaired) electrons. The van der Waals surface area contributed by atoms with Gasteiger partial charge in [0.2, 0.25) is 0 Å². The fourth-order valence-electron chi connectivity index (χ4n) is 2.41. The van der Waals surface area contributed by atoms with Crippen molar-refractivity contribution in [2.75, 3.05) is 7.11 Å². The average molecular weight is 400 g/mol. The Labute approximate surface area is 164 Å². The Hall–Kier alpha value is -3.59. The lowest BCUT2D eigenvalue weighted by Crippen LogP contribution is -2.51. The molecule has 3 rings (SSSR count). The Bertz CT molecular complexity index is 1010. The number of carbonyl (C=O) groups excluding carboxylic acids is 3. The second kappa shape index (κ2) is 7.97. The highest BCUT2D eigenvalue weighted by molar-refractivity contribution is 7.80. The summed E-state index contributed by atoms with van der Waals surface area (Å²) < 4.78 is 24.1. The molecule has 2 aromatic rings. The van der Waals surface area contributed by atoms with E-state index in [0.29, 0.717) is 5.56 Å². The van der Waals surface area contributed by atoms with Gasteiger partial charge in [0, 0.05) is 0 Å². The zero-order valence-electron chi connectivity index (χ0n) is 14.4. The number of benzene rings is 2.